The number of benzene rings is 1. The third kappa shape index (κ3) is 4.77. The molecule has 1 N–H and O–H groups in total. The number of rotatable bonds is 5. The molecule has 0 fully saturated rings. The van der Waals surface area contributed by atoms with Crippen LogP contribution in [-0.2, 0) is 16.0 Å². The van der Waals surface area contributed by atoms with Crippen molar-refractivity contribution in [2.75, 3.05) is 11.9 Å². The van der Waals surface area contributed by atoms with Gasteiger partial charge in [0.15, 0.2) is 0 Å². The highest BCUT2D eigenvalue weighted by Gasteiger charge is 2.03. The number of carbonyl (C=O) groups excluding carboxylic acids is 1. The molecule has 0 radical (unpaired) electrons. The first kappa shape index (κ1) is 14.0. The SMILES string of the molecule is CCO/C=C/C(=O)Nc1ccc(I)cc1CC. The minimum absolute atomic E-state index is 0.172. The molecular formula is C13H16INO2. The maximum absolute atomic E-state index is 11.6. The molecule has 0 aliphatic heterocycles. The molecular weight excluding hydrogens is 329 g/mol. The predicted molar refractivity (Wildman–Crippen MR) is 77.9 cm³/mol. The Morgan fingerprint density at radius 1 is 1.47 bits per heavy atom. The molecule has 0 atom stereocenters. The summed E-state index contributed by atoms with van der Waals surface area (Å²) >= 11 is 2.26. The van der Waals surface area contributed by atoms with Crippen molar-refractivity contribution in [2.45, 2.75) is 20.3 Å². The highest BCUT2D eigenvalue weighted by Crippen LogP contribution is 2.19. The molecule has 0 aliphatic rings. The third-order valence-corrected chi connectivity index (χ3v) is 2.86. The molecule has 1 aromatic rings. The third-order valence-electron chi connectivity index (χ3n) is 2.19. The molecule has 0 bridgehead atoms. The van der Waals surface area contributed by atoms with Gasteiger partial charge in [0.25, 0.3) is 5.91 Å². The van der Waals surface area contributed by atoms with Gasteiger partial charge < -0.3 is 10.1 Å². The van der Waals surface area contributed by atoms with Crippen LogP contribution in [0.3, 0.4) is 0 Å². The van der Waals surface area contributed by atoms with Crippen LogP contribution in [0.25, 0.3) is 0 Å². The summed E-state index contributed by atoms with van der Waals surface area (Å²) in [6, 6.07) is 5.97. The largest absolute Gasteiger partial charge is 0.501 e. The summed E-state index contributed by atoms with van der Waals surface area (Å²) in [5.41, 5.74) is 1.99. The highest BCUT2D eigenvalue weighted by molar-refractivity contribution is 14.1. The van der Waals surface area contributed by atoms with E-state index in [9.17, 15) is 4.79 Å². The van der Waals surface area contributed by atoms with Crippen LogP contribution >= 0.6 is 22.6 Å². The summed E-state index contributed by atoms with van der Waals surface area (Å²) in [6.45, 7) is 4.50. The number of nitrogens with one attached hydrogen (secondary N) is 1. The van der Waals surface area contributed by atoms with Gasteiger partial charge in [-0.25, -0.2) is 0 Å². The Hall–Kier alpha value is -1.04. The Labute approximate surface area is 115 Å². The van der Waals surface area contributed by atoms with Crippen molar-refractivity contribution in [3.05, 3.63) is 39.7 Å². The first-order valence-electron chi connectivity index (χ1n) is 5.55. The molecule has 17 heavy (non-hydrogen) atoms. The highest BCUT2D eigenvalue weighted by atomic mass is 127. The fraction of sp³-hybridized carbons (Fsp3) is 0.308. The number of aryl methyl sites for hydroxylation is 1. The smallest absolute Gasteiger partial charge is 0.251 e. The minimum atomic E-state index is -0.172. The summed E-state index contributed by atoms with van der Waals surface area (Å²) in [5, 5.41) is 2.84. The Balaban J connectivity index is 2.71. The maximum atomic E-state index is 11.6. The van der Waals surface area contributed by atoms with E-state index in [4.69, 9.17) is 4.74 Å². The van der Waals surface area contributed by atoms with Crippen molar-refractivity contribution < 1.29 is 9.53 Å². The molecule has 0 unspecified atom stereocenters. The number of halogens is 1. The second-order valence-electron chi connectivity index (χ2n) is 3.40. The molecule has 0 aromatic heterocycles. The average Bonchev–Trinajstić information content (AvgIpc) is 2.32. The Morgan fingerprint density at radius 3 is 2.88 bits per heavy atom. The molecule has 0 heterocycles. The number of hydrogen-bond donors (Lipinski definition) is 1. The summed E-state index contributed by atoms with van der Waals surface area (Å²) in [5.74, 6) is -0.172. The van der Waals surface area contributed by atoms with Crippen molar-refractivity contribution in [1.82, 2.24) is 0 Å². The normalized spacial score (nSPS) is 10.5. The van der Waals surface area contributed by atoms with Crippen molar-refractivity contribution >= 4 is 34.2 Å². The first-order chi connectivity index (χ1) is 8.17. The van der Waals surface area contributed by atoms with Gasteiger partial charge in [-0.2, -0.15) is 0 Å². The van der Waals surface area contributed by atoms with E-state index in [0.717, 1.165) is 17.7 Å². The van der Waals surface area contributed by atoms with Crippen LogP contribution in [0.4, 0.5) is 5.69 Å². The van der Waals surface area contributed by atoms with Gasteiger partial charge in [-0.1, -0.05) is 6.92 Å². The molecule has 0 saturated carbocycles. The van der Waals surface area contributed by atoms with E-state index < -0.39 is 0 Å². The average molecular weight is 345 g/mol. The van der Waals surface area contributed by atoms with E-state index >= 15 is 0 Å². The van der Waals surface area contributed by atoms with Crippen molar-refractivity contribution in [1.29, 1.82) is 0 Å². The Morgan fingerprint density at radius 2 is 2.24 bits per heavy atom. The number of amides is 1. The van der Waals surface area contributed by atoms with Crippen molar-refractivity contribution in [3.63, 3.8) is 0 Å². The summed E-state index contributed by atoms with van der Waals surface area (Å²) < 4.78 is 6.14. The van der Waals surface area contributed by atoms with E-state index in [-0.39, 0.29) is 5.91 Å². The fourth-order valence-electron chi connectivity index (χ4n) is 1.36. The number of carbonyl (C=O) groups is 1. The molecule has 0 aliphatic carbocycles. The second-order valence-corrected chi connectivity index (χ2v) is 4.65. The van der Waals surface area contributed by atoms with Crippen LogP contribution in [0.5, 0.6) is 0 Å². The van der Waals surface area contributed by atoms with Crippen LogP contribution in [-0.4, -0.2) is 12.5 Å². The maximum Gasteiger partial charge on any atom is 0.251 e. The Kier molecular flexibility index (Phi) is 6.04. The van der Waals surface area contributed by atoms with E-state index in [1.165, 1.54) is 15.9 Å². The second kappa shape index (κ2) is 7.32. The lowest BCUT2D eigenvalue weighted by Gasteiger charge is -2.08. The molecule has 3 nitrogen and oxygen atoms in total. The van der Waals surface area contributed by atoms with E-state index in [0.29, 0.717) is 6.61 Å². The first-order valence-corrected chi connectivity index (χ1v) is 6.62. The number of hydrogen-bond acceptors (Lipinski definition) is 2. The van der Waals surface area contributed by atoms with Crippen molar-refractivity contribution in [2.24, 2.45) is 0 Å². The topological polar surface area (TPSA) is 38.3 Å². The summed E-state index contributed by atoms with van der Waals surface area (Å²) in [7, 11) is 0. The van der Waals surface area contributed by atoms with Gasteiger partial charge in [-0.3, -0.25) is 4.79 Å². The van der Waals surface area contributed by atoms with Crippen LogP contribution in [0.1, 0.15) is 19.4 Å². The van der Waals surface area contributed by atoms with Gasteiger partial charge in [0, 0.05) is 15.3 Å². The molecule has 92 valence electrons. The zero-order valence-electron chi connectivity index (χ0n) is 10.00. The zero-order valence-corrected chi connectivity index (χ0v) is 12.2. The quantitative estimate of drug-likeness (QED) is 0.505. The fourth-order valence-corrected chi connectivity index (χ4v) is 1.91. The summed E-state index contributed by atoms with van der Waals surface area (Å²) in [4.78, 5) is 11.6. The van der Waals surface area contributed by atoms with Gasteiger partial charge in [-0.15, -0.1) is 0 Å². The van der Waals surface area contributed by atoms with Gasteiger partial charge >= 0.3 is 0 Å². The zero-order chi connectivity index (χ0) is 12.7. The summed E-state index contributed by atoms with van der Waals surface area (Å²) in [6.07, 6.45) is 3.69. The number of ether oxygens (including phenoxy) is 1. The lowest BCUT2D eigenvalue weighted by molar-refractivity contribution is -0.112. The molecule has 0 spiro atoms. The Bertz CT molecular complexity index is 416. The van der Waals surface area contributed by atoms with E-state index in [1.54, 1.807) is 0 Å². The monoisotopic (exact) mass is 345 g/mol. The van der Waals surface area contributed by atoms with Gasteiger partial charge in [0.05, 0.1) is 12.9 Å². The number of anilines is 1. The van der Waals surface area contributed by atoms with Gasteiger partial charge in [0.2, 0.25) is 0 Å². The van der Waals surface area contributed by atoms with Crippen LogP contribution in [0.2, 0.25) is 0 Å². The molecule has 0 saturated heterocycles. The van der Waals surface area contributed by atoms with Gasteiger partial charge in [0.1, 0.15) is 0 Å². The molecule has 1 aromatic carbocycles. The predicted octanol–water partition coefficient (Wildman–Crippen LogP) is 3.34. The lowest BCUT2D eigenvalue weighted by Crippen LogP contribution is -2.10. The van der Waals surface area contributed by atoms with E-state index in [1.807, 2.05) is 19.1 Å². The molecule has 4 heteroatoms. The van der Waals surface area contributed by atoms with Crippen LogP contribution < -0.4 is 5.32 Å². The minimum Gasteiger partial charge on any atom is -0.501 e. The lowest BCUT2D eigenvalue weighted by atomic mass is 10.1. The van der Waals surface area contributed by atoms with Crippen LogP contribution in [0.15, 0.2) is 30.5 Å². The molecule has 1 amide bonds. The van der Waals surface area contributed by atoms with Crippen LogP contribution in [0, 0.1) is 3.57 Å². The van der Waals surface area contributed by atoms with Crippen molar-refractivity contribution in [3.8, 4) is 0 Å². The van der Waals surface area contributed by atoms with Gasteiger partial charge in [-0.05, 0) is 59.7 Å². The standard InChI is InChI=1S/C13H16INO2/c1-3-10-9-11(14)5-6-12(10)15-13(16)7-8-17-4-2/h5-9H,3-4H2,1-2H3,(H,15,16)/b8-7+. The molecule has 1 rings (SSSR count). The van der Waals surface area contributed by atoms with E-state index in [2.05, 4.69) is 40.9 Å².